The second-order valence-corrected chi connectivity index (χ2v) is 7.54. The van der Waals surface area contributed by atoms with Crippen molar-refractivity contribution in [2.75, 3.05) is 31.0 Å². The highest BCUT2D eigenvalue weighted by Crippen LogP contribution is 2.24. The molecule has 0 aliphatic rings. The summed E-state index contributed by atoms with van der Waals surface area (Å²) < 4.78 is 6.93. The van der Waals surface area contributed by atoms with Crippen molar-refractivity contribution in [2.24, 2.45) is 0 Å². The Morgan fingerprint density at radius 1 is 0.906 bits per heavy atom. The number of hydrogen-bond acceptors (Lipinski definition) is 5. The standard InChI is InChI=1S/C25H25N5O2/c1-28(2)21-8-4-19(5-9-21)16-29(22-12-14-24(32-3)15-13-22)25(31)20-6-10-23(11-7-20)30-18-26-17-27-30/h4-15,17-18H,16H2,1-3H3. The van der Waals surface area contributed by atoms with Gasteiger partial charge in [-0.3, -0.25) is 4.79 Å². The minimum Gasteiger partial charge on any atom is -0.497 e. The molecule has 1 aromatic heterocycles. The van der Waals surface area contributed by atoms with Gasteiger partial charge in [0.25, 0.3) is 5.91 Å². The van der Waals surface area contributed by atoms with Crippen LogP contribution >= 0.6 is 0 Å². The topological polar surface area (TPSA) is 63.5 Å². The van der Waals surface area contributed by atoms with E-state index in [-0.39, 0.29) is 5.91 Å². The lowest BCUT2D eigenvalue weighted by Crippen LogP contribution is -2.30. The van der Waals surface area contributed by atoms with Crippen molar-refractivity contribution >= 4 is 17.3 Å². The first-order chi connectivity index (χ1) is 15.5. The Kier molecular flexibility index (Phi) is 6.17. The normalized spacial score (nSPS) is 10.6. The van der Waals surface area contributed by atoms with Gasteiger partial charge in [-0.2, -0.15) is 5.10 Å². The van der Waals surface area contributed by atoms with Crippen LogP contribution in [-0.4, -0.2) is 41.9 Å². The van der Waals surface area contributed by atoms with Gasteiger partial charge in [0.2, 0.25) is 0 Å². The van der Waals surface area contributed by atoms with Gasteiger partial charge in [-0.1, -0.05) is 12.1 Å². The van der Waals surface area contributed by atoms with Gasteiger partial charge in [-0.15, -0.1) is 0 Å². The van der Waals surface area contributed by atoms with E-state index < -0.39 is 0 Å². The summed E-state index contributed by atoms with van der Waals surface area (Å²) >= 11 is 0. The molecule has 0 radical (unpaired) electrons. The molecule has 3 aromatic carbocycles. The highest BCUT2D eigenvalue weighted by Gasteiger charge is 2.19. The molecule has 0 unspecified atom stereocenters. The van der Waals surface area contributed by atoms with Gasteiger partial charge in [0.05, 0.1) is 19.3 Å². The predicted octanol–water partition coefficient (Wildman–Crippen LogP) is 4.19. The van der Waals surface area contributed by atoms with Crippen molar-refractivity contribution in [3.05, 3.63) is 96.6 Å². The number of anilines is 2. The third kappa shape index (κ3) is 4.62. The van der Waals surface area contributed by atoms with Crippen molar-refractivity contribution < 1.29 is 9.53 Å². The number of aromatic nitrogens is 3. The van der Waals surface area contributed by atoms with Crippen LogP contribution in [0, 0.1) is 0 Å². The van der Waals surface area contributed by atoms with Gasteiger partial charge in [0.1, 0.15) is 18.4 Å². The second kappa shape index (κ2) is 9.34. The van der Waals surface area contributed by atoms with Crippen LogP contribution in [0.5, 0.6) is 5.75 Å². The van der Waals surface area contributed by atoms with Crippen LogP contribution in [0.2, 0.25) is 0 Å². The summed E-state index contributed by atoms with van der Waals surface area (Å²) in [7, 11) is 5.64. The Balaban J connectivity index is 1.63. The van der Waals surface area contributed by atoms with E-state index >= 15 is 0 Å². The summed E-state index contributed by atoms with van der Waals surface area (Å²) in [5, 5.41) is 4.13. The fraction of sp³-hybridized carbons (Fsp3) is 0.160. The van der Waals surface area contributed by atoms with Gasteiger partial charge in [0, 0.05) is 31.0 Å². The molecule has 1 amide bonds. The molecule has 0 fully saturated rings. The molecule has 0 aliphatic heterocycles. The van der Waals surface area contributed by atoms with Crippen LogP contribution < -0.4 is 14.5 Å². The number of hydrogen-bond donors (Lipinski definition) is 0. The second-order valence-electron chi connectivity index (χ2n) is 7.54. The minimum atomic E-state index is -0.0861. The maximum absolute atomic E-state index is 13.5. The fourth-order valence-corrected chi connectivity index (χ4v) is 3.38. The highest BCUT2D eigenvalue weighted by molar-refractivity contribution is 6.06. The van der Waals surface area contributed by atoms with E-state index in [1.807, 2.05) is 79.7 Å². The number of methoxy groups -OCH3 is 1. The number of nitrogens with zero attached hydrogens (tertiary/aromatic N) is 5. The molecule has 0 aliphatic carbocycles. The van der Waals surface area contributed by atoms with E-state index in [4.69, 9.17) is 4.74 Å². The highest BCUT2D eigenvalue weighted by atomic mass is 16.5. The number of carbonyl (C=O) groups is 1. The van der Waals surface area contributed by atoms with E-state index in [1.165, 1.54) is 6.33 Å². The molecule has 7 heteroatoms. The van der Waals surface area contributed by atoms with E-state index in [1.54, 1.807) is 23.0 Å². The summed E-state index contributed by atoms with van der Waals surface area (Å²) in [6.45, 7) is 0.448. The first kappa shape index (κ1) is 21.1. The van der Waals surface area contributed by atoms with Crippen LogP contribution in [-0.2, 0) is 6.54 Å². The zero-order valence-corrected chi connectivity index (χ0v) is 18.3. The number of amides is 1. The largest absolute Gasteiger partial charge is 0.497 e. The van der Waals surface area contributed by atoms with Crippen LogP contribution in [0.4, 0.5) is 11.4 Å². The Labute approximate surface area is 187 Å². The molecular formula is C25H25N5O2. The lowest BCUT2D eigenvalue weighted by atomic mass is 10.1. The zero-order valence-electron chi connectivity index (χ0n) is 18.3. The predicted molar refractivity (Wildman–Crippen MR) is 126 cm³/mol. The number of carbonyl (C=O) groups excluding carboxylic acids is 1. The first-order valence-corrected chi connectivity index (χ1v) is 10.2. The van der Waals surface area contributed by atoms with Crippen molar-refractivity contribution in [2.45, 2.75) is 6.54 Å². The van der Waals surface area contributed by atoms with Crippen LogP contribution in [0.15, 0.2) is 85.5 Å². The molecular weight excluding hydrogens is 402 g/mol. The Hall–Kier alpha value is -4.13. The molecule has 4 aromatic rings. The molecule has 0 saturated heterocycles. The van der Waals surface area contributed by atoms with Crippen LogP contribution in [0.1, 0.15) is 15.9 Å². The molecule has 4 rings (SSSR count). The fourth-order valence-electron chi connectivity index (χ4n) is 3.38. The summed E-state index contributed by atoms with van der Waals surface area (Å²) in [4.78, 5) is 21.3. The molecule has 0 saturated carbocycles. The minimum absolute atomic E-state index is 0.0861. The maximum Gasteiger partial charge on any atom is 0.258 e. The number of rotatable bonds is 7. The van der Waals surface area contributed by atoms with Crippen molar-refractivity contribution in [3.63, 3.8) is 0 Å². The molecule has 0 bridgehead atoms. The lowest BCUT2D eigenvalue weighted by Gasteiger charge is -2.24. The molecule has 0 atom stereocenters. The van der Waals surface area contributed by atoms with E-state index in [2.05, 4.69) is 22.2 Å². The van der Waals surface area contributed by atoms with Crippen LogP contribution in [0.25, 0.3) is 5.69 Å². The van der Waals surface area contributed by atoms with Gasteiger partial charge in [0.15, 0.2) is 0 Å². The quantitative estimate of drug-likeness (QED) is 0.443. The molecule has 32 heavy (non-hydrogen) atoms. The van der Waals surface area contributed by atoms with E-state index in [9.17, 15) is 4.79 Å². The Bertz CT molecular complexity index is 1150. The van der Waals surface area contributed by atoms with E-state index in [0.717, 1.165) is 28.4 Å². The summed E-state index contributed by atoms with van der Waals surface area (Å²) in [5.41, 5.74) is 4.38. The third-order valence-corrected chi connectivity index (χ3v) is 5.22. The molecule has 0 spiro atoms. The smallest absolute Gasteiger partial charge is 0.258 e. The third-order valence-electron chi connectivity index (χ3n) is 5.22. The molecule has 7 nitrogen and oxygen atoms in total. The number of benzene rings is 3. The van der Waals surface area contributed by atoms with Gasteiger partial charge in [-0.05, 0) is 66.2 Å². The average molecular weight is 428 g/mol. The molecule has 162 valence electrons. The van der Waals surface area contributed by atoms with Crippen LogP contribution in [0.3, 0.4) is 0 Å². The Morgan fingerprint density at radius 2 is 1.56 bits per heavy atom. The first-order valence-electron chi connectivity index (χ1n) is 10.2. The van der Waals surface area contributed by atoms with Gasteiger partial charge in [-0.25, -0.2) is 9.67 Å². The average Bonchev–Trinajstić information content (AvgIpc) is 3.38. The summed E-state index contributed by atoms with van der Waals surface area (Å²) in [6, 6.07) is 23.1. The maximum atomic E-state index is 13.5. The lowest BCUT2D eigenvalue weighted by molar-refractivity contribution is 0.0985. The Morgan fingerprint density at radius 3 is 2.12 bits per heavy atom. The molecule has 0 N–H and O–H groups in total. The summed E-state index contributed by atoms with van der Waals surface area (Å²) in [6.07, 6.45) is 3.10. The van der Waals surface area contributed by atoms with Gasteiger partial charge >= 0.3 is 0 Å². The monoisotopic (exact) mass is 427 g/mol. The zero-order chi connectivity index (χ0) is 22.5. The molecule has 1 heterocycles. The van der Waals surface area contributed by atoms with Crippen molar-refractivity contribution in [1.82, 2.24) is 14.8 Å². The SMILES string of the molecule is COc1ccc(N(Cc2ccc(N(C)C)cc2)C(=O)c2ccc(-n3cncn3)cc2)cc1. The number of ether oxygens (including phenoxy) is 1. The van der Waals surface area contributed by atoms with E-state index in [0.29, 0.717) is 12.1 Å². The van der Waals surface area contributed by atoms with Crippen molar-refractivity contribution in [3.8, 4) is 11.4 Å². The van der Waals surface area contributed by atoms with Gasteiger partial charge < -0.3 is 14.5 Å². The van der Waals surface area contributed by atoms with Crippen molar-refractivity contribution in [1.29, 1.82) is 0 Å². The summed E-state index contributed by atoms with van der Waals surface area (Å²) in [5.74, 6) is 0.658.